The van der Waals surface area contributed by atoms with E-state index in [-0.39, 0.29) is 16.7 Å². The number of fused-ring (bicyclic) bond motifs is 1. The molecule has 2 aromatic carbocycles. The second-order valence-electron chi connectivity index (χ2n) is 7.48. The van der Waals surface area contributed by atoms with Crippen LogP contribution in [-0.4, -0.2) is 15.7 Å². The van der Waals surface area contributed by atoms with E-state index in [1.165, 1.54) is 12.1 Å². The van der Waals surface area contributed by atoms with Gasteiger partial charge in [-0.15, -0.1) is 0 Å². The van der Waals surface area contributed by atoms with Gasteiger partial charge in [0.25, 0.3) is 5.91 Å². The minimum Gasteiger partial charge on any atom is -0.423 e. The fraction of sp³-hybridized carbons (Fsp3) is 0.174. The molecule has 0 fully saturated rings. The summed E-state index contributed by atoms with van der Waals surface area (Å²) in [6, 6.07) is 10.9. The number of nitrogens with zero attached hydrogens (tertiary/aromatic N) is 2. The number of nitrogens with one attached hydrogen (secondary N) is 1. The summed E-state index contributed by atoms with van der Waals surface area (Å²) in [6.45, 7) is 4.04. The summed E-state index contributed by atoms with van der Waals surface area (Å²) in [5, 5.41) is 7.22. The Labute approximate surface area is 190 Å². The predicted molar refractivity (Wildman–Crippen MR) is 118 cm³/mol. The maximum Gasteiger partial charge on any atom is 0.417 e. The van der Waals surface area contributed by atoms with Gasteiger partial charge >= 0.3 is 11.8 Å². The number of rotatable bonds is 4. The maximum atomic E-state index is 13.4. The van der Waals surface area contributed by atoms with Crippen LogP contribution in [0.15, 0.2) is 57.7 Å². The lowest BCUT2D eigenvalue weighted by Gasteiger charge is -2.11. The quantitative estimate of drug-likeness (QED) is 0.391. The molecule has 0 aliphatic heterocycles. The lowest BCUT2D eigenvalue weighted by atomic mass is 10.1. The lowest BCUT2D eigenvalue weighted by molar-refractivity contribution is -0.136. The molecule has 0 saturated carbocycles. The van der Waals surface area contributed by atoms with Crippen molar-refractivity contribution in [2.75, 3.05) is 5.32 Å². The van der Waals surface area contributed by atoms with Crippen molar-refractivity contribution in [3.8, 4) is 0 Å². The van der Waals surface area contributed by atoms with E-state index in [9.17, 15) is 22.8 Å². The fourth-order valence-electron chi connectivity index (χ4n) is 3.49. The normalized spacial score (nSPS) is 11.7. The monoisotopic (exact) mass is 475 g/mol. The summed E-state index contributed by atoms with van der Waals surface area (Å²) in [7, 11) is 0. The number of hydrogen-bond donors (Lipinski definition) is 1. The first-order valence-electron chi connectivity index (χ1n) is 9.78. The van der Waals surface area contributed by atoms with E-state index in [2.05, 4.69) is 10.4 Å². The van der Waals surface area contributed by atoms with Crippen molar-refractivity contribution in [3.05, 3.63) is 92.1 Å². The minimum absolute atomic E-state index is 0.127. The molecule has 0 radical (unpaired) electrons. The highest BCUT2D eigenvalue weighted by atomic mass is 35.5. The average molecular weight is 476 g/mol. The SMILES string of the molecule is Cc1nn(Cc2cccc(C(=O)Nc3ccc4oc(=O)cc(C(F)(F)F)c4c3)c2)c(C)c1Cl. The molecule has 4 rings (SSSR count). The second kappa shape index (κ2) is 8.40. The van der Waals surface area contributed by atoms with Crippen LogP contribution in [0.25, 0.3) is 11.0 Å². The summed E-state index contributed by atoms with van der Waals surface area (Å²) < 4.78 is 46.6. The van der Waals surface area contributed by atoms with E-state index in [1.807, 2.05) is 13.0 Å². The van der Waals surface area contributed by atoms with Crippen molar-refractivity contribution in [3.63, 3.8) is 0 Å². The Kier molecular flexibility index (Phi) is 5.75. The molecule has 0 aliphatic carbocycles. The van der Waals surface area contributed by atoms with Gasteiger partial charge in [-0.25, -0.2) is 4.79 Å². The number of anilines is 1. The van der Waals surface area contributed by atoms with Crippen LogP contribution in [0.2, 0.25) is 5.02 Å². The third kappa shape index (κ3) is 4.63. The number of carbonyl (C=O) groups is 1. The molecule has 0 saturated heterocycles. The maximum absolute atomic E-state index is 13.4. The van der Waals surface area contributed by atoms with Gasteiger partial charge in [0.2, 0.25) is 0 Å². The van der Waals surface area contributed by atoms with Gasteiger partial charge in [0, 0.05) is 22.7 Å². The molecule has 4 aromatic rings. The summed E-state index contributed by atoms with van der Waals surface area (Å²) in [5.41, 5.74) is 0.282. The summed E-state index contributed by atoms with van der Waals surface area (Å²) >= 11 is 6.18. The first-order valence-corrected chi connectivity index (χ1v) is 10.2. The van der Waals surface area contributed by atoms with Gasteiger partial charge in [-0.3, -0.25) is 9.48 Å². The Bertz CT molecular complexity index is 1440. The van der Waals surface area contributed by atoms with Crippen LogP contribution in [0.5, 0.6) is 0 Å². The van der Waals surface area contributed by atoms with E-state index in [0.29, 0.717) is 28.9 Å². The molecular weight excluding hydrogens is 459 g/mol. The number of hydrogen-bond acceptors (Lipinski definition) is 4. The number of amides is 1. The molecule has 0 unspecified atom stereocenters. The van der Waals surface area contributed by atoms with Crippen LogP contribution in [0.1, 0.15) is 32.9 Å². The van der Waals surface area contributed by atoms with Gasteiger partial charge in [0.1, 0.15) is 5.58 Å². The number of alkyl halides is 3. The van der Waals surface area contributed by atoms with Gasteiger partial charge < -0.3 is 9.73 Å². The smallest absolute Gasteiger partial charge is 0.417 e. The minimum atomic E-state index is -4.75. The van der Waals surface area contributed by atoms with Gasteiger partial charge in [-0.2, -0.15) is 18.3 Å². The number of aromatic nitrogens is 2. The number of carbonyl (C=O) groups excluding carboxylic acids is 1. The van der Waals surface area contributed by atoms with Crippen LogP contribution in [0.3, 0.4) is 0 Å². The first-order chi connectivity index (χ1) is 15.5. The van der Waals surface area contributed by atoms with Gasteiger partial charge in [0.15, 0.2) is 0 Å². The van der Waals surface area contributed by atoms with Crippen LogP contribution >= 0.6 is 11.6 Å². The van der Waals surface area contributed by atoms with E-state index in [1.54, 1.807) is 29.8 Å². The van der Waals surface area contributed by atoms with Crippen molar-refractivity contribution in [1.29, 1.82) is 0 Å². The van der Waals surface area contributed by atoms with E-state index < -0.39 is 23.3 Å². The number of benzene rings is 2. The molecule has 10 heteroatoms. The Morgan fingerprint density at radius 2 is 1.91 bits per heavy atom. The molecule has 6 nitrogen and oxygen atoms in total. The summed E-state index contributed by atoms with van der Waals surface area (Å²) in [4.78, 5) is 24.2. The van der Waals surface area contributed by atoms with E-state index >= 15 is 0 Å². The van der Waals surface area contributed by atoms with Crippen LogP contribution in [-0.2, 0) is 12.7 Å². The zero-order valence-corrected chi connectivity index (χ0v) is 18.2. The molecule has 33 heavy (non-hydrogen) atoms. The Morgan fingerprint density at radius 1 is 1.15 bits per heavy atom. The topological polar surface area (TPSA) is 77.1 Å². The first kappa shape index (κ1) is 22.6. The van der Waals surface area contributed by atoms with E-state index in [0.717, 1.165) is 17.3 Å². The molecule has 1 amide bonds. The van der Waals surface area contributed by atoms with Crippen molar-refractivity contribution in [1.82, 2.24) is 9.78 Å². The largest absolute Gasteiger partial charge is 0.423 e. The Balaban J connectivity index is 1.61. The van der Waals surface area contributed by atoms with Crippen molar-refractivity contribution in [2.45, 2.75) is 26.6 Å². The van der Waals surface area contributed by atoms with E-state index in [4.69, 9.17) is 16.0 Å². The second-order valence-corrected chi connectivity index (χ2v) is 7.86. The molecular formula is C23H17ClF3N3O3. The summed E-state index contributed by atoms with van der Waals surface area (Å²) in [6.07, 6.45) is -4.75. The molecule has 2 heterocycles. The van der Waals surface area contributed by atoms with Crippen LogP contribution < -0.4 is 10.9 Å². The third-order valence-corrected chi connectivity index (χ3v) is 5.67. The van der Waals surface area contributed by atoms with Gasteiger partial charge in [-0.1, -0.05) is 23.7 Å². The predicted octanol–water partition coefficient (Wildman–Crippen LogP) is 5.58. The molecule has 0 atom stereocenters. The van der Waals surface area contributed by atoms with Gasteiger partial charge in [0.05, 0.1) is 28.5 Å². The average Bonchev–Trinajstić information content (AvgIpc) is 2.99. The standard InChI is InChI=1S/C23H17ClF3N3O3/c1-12-21(24)13(2)30(29-12)11-14-4-3-5-15(8-14)22(32)28-16-6-7-19-17(9-16)18(23(25,26)27)10-20(31)33-19/h3-10H,11H2,1-2H3,(H,28,32). The van der Waals surface area contributed by atoms with Crippen molar-refractivity contribution >= 4 is 34.2 Å². The summed E-state index contributed by atoms with van der Waals surface area (Å²) in [5.74, 6) is -0.506. The zero-order chi connectivity index (χ0) is 23.9. The lowest BCUT2D eigenvalue weighted by Crippen LogP contribution is -2.14. The molecule has 170 valence electrons. The van der Waals surface area contributed by atoms with Crippen molar-refractivity contribution in [2.24, 2.45) is 0 Å². The highest BCUT2D eigenvalue weighted by Gasteiger charge is 2.34. The molecule has 0 spiro atoms. The van der Waals surface area contributed by atoms with Crippen LogP contribution in [0, 0.1) is 13.8 Å². The number of halogens is 4. The fourth-order valence-corrected chi connectivity index (χ4v) is 3.63. The molecule has 2 aromatic heterocycles. The van der Waals surface area contributed by atoms with Gasteiger partial charge in [-0.05, 0) is 49.7 Å². The Hall–Kier alpha value is -3.59. The number of aryl methyl sites for hydroxylation is 1. The molecule has 1 N–H and O–H groups in total. The molecule has 0 bridgehead atoms. The Morgan fingerprint density at radius 3 is 2.58 bits per heavy atom. The highest BCUT2D eigenvalue weighted by Crippen LogP contribution is 2.35. The zero-order valence-electron chi connectivity index (χ0n) is 17.5. The molecule has 0 aliphatic rings. The third-order valence-electron chi connectivity index (χ3n) is 5.12. The highest BCUT2D eigenvalue weighted by molar-refractivity contribution is 6.31. The van der Waals surface area contributed by atoms with Crippen LogP contribution in [0.4, 0.5) is 18.9 Å². The van der Waals surface area contributed by atoms with Crippen molar-refractivity contribution < 1.29 is 22.4 Å².